The largest absolute Gasteiger partial charge is 0.493 e. The predicted molar refractivity (Wildman–Crippen MR) is 149 cm³/mol. The number of urea groups is 1. The maximum Gasteiger partial charge on any atom is 0.335 e. The fourth-order valence-electron chi connectivity index (χ4n) is 4.23. The van der Waals surface area contributed by atoms with Gasteiger partial charge < -0.3 is 14.6 Å². The van der Waals surface area contributed by atoms with Gasteiger partial charge in [0.2, 0.25) is 0 Å². The SMILES string of the molecule is C=CCc1cc(/C=C2/C(=O)NC(=O)N(c3ccc(CC)cc3)C2=O)cc(OC)c1OCc1ccc(C(=O)O)cc1. The van der Waals surface area contributed by atoms with Crippen LogP contribution in [0, 0.1) is 0 Å². The maximum atomic E-state index is 13.3. The van der Waals surface area contributed by atoms with Crippen molar-refractivity contribution in [2.75, 3.05) is 12.0 Å². The molecule has 1 saturated heterocycles. The zero-order valence-electron chi connectivity index (χ0n) is 22.1. The molecule has 0 atom stereocenters. The summed E-state index contributed by atoms with van der Waals surface area (Å²) in [4.78, 5) is 50.6. The topological polar surface area (TPSA) is 122 Å². The highest BCUT2D eigenvalue weighted by Crippen LogP contribution is 2.35. The van der Waals surface area contributed by atoms with E-state index in [-0.39, 0.29) is 17.7 Å². The van der Waals surface area contributed by atoms with Crippen LogP contribution in [0.25, 0.3) is 6.08 Å². The summed E-state index contributed by atoms with van der Waals surface area (Å²) < 4.78 is 11.6. The van der Waals surface area contributed by atoms with Crippen LogP contribution in [0.4, 0.5) is 10.5 Å². The number of anilines is 1. The number of amides is 4. The molecule has 1 heterocycles. The first-order valence-electron chi connectivity index (χ1n) is 12.5. The minimum absolute atomic E-state index is 0.148. The Kier molecular flexibility index (Phi) is 8.44. The first kappa shape index (κ1) is 27.8. The van der Waals surface area contributed by atoms with E-state index in [0.29, 0.717) is 34.7 Å². The lowest BCUT2D eigenvalue weighted by molar-refractivity contribution is -0.122. The second kappa shape index (κ2) is 12.1. The third-order valence-electron chi connectivity index (χ3n) is 6.34. The Balaban J connectivity index is 1.66. The molecule has 0 aliphatic carbocycles. The maximum absolute atomic E-state index is 13.3. The molecule has 3 aromatic carbocycles. The molecule has 40 heavy (non-hydrogen) atoms. The number of aryl methyl sites for hydroxylation is 1. The molecule has 3 aromatic rings. The molecule has 1 aliphatic heterocycles. The highest BCUT2D eigenvalue weighted by atomic mass is 16.5. The van der Waals surface area contributed by atoms with E-state index in [2.05, 4.69) is 11.9 Å². The number of carboxylic acids is 1. The zero-order valence-corrected chi connectivity index (χ0v) is 22.1. The molecule has 0 spiro atoms. The lowest BCUT2D eigenvalue weighted by Gasteiger charge is -2.26. The molecule has 0 bridgehead atoms. The Hall–Kier alpha value is -5.18. The molecular weight excluding hydrogens is 512 g/mol. The summed E-state index contributed by atoms with van der Waals surface area (Å²) in [5.41, 5.74) is 3.29. The number of carboxylic acid groups (broad SMARTS) is 1. The summed E-state index contributed by atoms with van der Waals surface area (Å²) >= 11 is 0. The van der Waals surface area contributed by atoms with E-state index in [0.717, 1.165) is 22.4 Å². The molecule has 1 fully saturated rings. The lowest BCUT2D eigenvalue weighted by atomic mass is 10.0. The van der Waals surface area contributed by atoms with Crippen LogP contribution in [0.2, 0.25) is 0 Å². The van der Waals surface area contributed by atoms with Crippen molar-refractivity contribution < 1.29 is 33.8 Å². The standard InChI is InChI=1S/C31H28N2O7/c1-4-6-23-15-21(17-26(39-3)27(23)40-18-20-7-11-22(12-8-20)30(36)37)16-25-28(34)32-31(38)33(29(25)35)24-13-9-19(5-2)10-14-24/h4,7-17H,1,5-6,18H2,2-3H3,(H,36,37)(H,32,34,38)/b25-16-. The molecule has 0 aromatic heterocycles. The summed E-state index contributed by atoms with van der Waals surface area (Å²) in [6.07, 6.45) is 4.28. The van der Waals surface area contributed by atoms with E-state index in [1.807, 2.05) is 19.1 Å². The highest BCUT2D eigenvalue weighted by Gasteiger charge is 2.36. The number of rotatable bonds is 10. The summed E-state index contributed by atoms with van der Waals surface area (Å²) in [6, 6.07) is 15.8. The molecule has 1 aliphatic rings. The van der Waals surface area contributed by atoms with Crippen LogP contribution < -0.4 is 19.7 Å². The Bertz CT molecular complexity index is 1510. The number of aromatic carboxylic acids is 1. The second-order valence-corrected chi connectivity index (χ2v) is 8.97. The number of barbiturate groups is 1. The molecule has 9 heteroatoms. The number of ether oxygens (including phenoxy) is 2. The molecule has 4 rings (SSSR count). The Morgan fingerprint density at radius 3 is 2.30 bits per heavy atom. The minimum atomic E-state index is -1.01. The lowest BCUT2D eigenvalue weighted by Crippen LogP contribution is -2.54. The Morgan fingerprint density at radius 2 is 1.70 bits per heavy atom. The van der Waals surface area contributed by atoms with Crippen molar-refractivity contribution in [3.8, 4) is 11.5 Å². The zero-order chi connectivity index (χ0) is 28.8. The van der Waals surface area contributed by atoms with E-state index in [1.165, 1.54) is 25.3 Å². The van der Waals surface area contributed by atoms with Gasteiger partial charge in [0.1, 0.15) is 12.2 Å². The van der Waals surface area contributed by atoms with E-state index in [4.69, 9.17) is 14.6 Å². The summed E-state index contributed by atoms with van der Waals surface area (Å²) in [6.45, 7) is 5.95. The number of hydrogen-bond donors (Lipinski definition) is 2. The number of carbonyl (C=O) groups excluding carboxylic acids is 3. The molecule has 204 valence electrons. The van der Waals surface area contributed by atoms with Crippen LogP contribution in [0.3, 0.4) is 0 Å². The smallest absolute Gasteiger partial charge is 0.335 e. The number of imide groups is 2. The van der Waals surface area contributed by atoms with Crippen molar-refractivity contribution in [1.29, 1.82) is 0 Å². The van der Waals surface area contributed by atoms with Crippen molar-refractivity contribution >= 4 is 35.6 Å². The molecule has 0 saturated carbocycles. The Morgan fingerprint density at radius 1 is 1.02 bits per heavy atom. The number of allylic oxidation sites excluding steroid dienone is 1. The average molecular weight is 541 g/mol. The third-order valence-corrected chi connectivity index (χ3v) is 6.34. The van der Waals surface area contributed by atoms with E-state index in [1.54, 1.807) is 42.5 Å². The number of benzene rings is 3. The molecule has 9 nitrogen and oxygen atoms in total. The minimum Gasteiger partial charge on any atom is -0.493 e. The van der Waals surface area contributed by atoms with Crippen LogP contribution in [-0.2, 0) is 29.0 Å². The monoisotopic (exact) mass is 540 g/mol. The summed E-state index contributed by atoms with van der Waals surface area (Å²) in [5, 5.41) is 11.3. The van der Waals surface area contributed by atoms with Crippen molar-refractivity contribution in [3.63, 3.8) is 0 Å². The molecule has 4 amide bonds. The fourth-order valence-corrected chi connectivity index (χ4v) is 4.23. The first-order chi connectivity index (χ1) is 19.2. The van der Waals surface area contributed by atoms with Gasteiger partial charge in [0.15, 0.2) is 11.5 Å². The summed E-state index contributed by atoms with van der Waals surface area (Å²) in [5.74, 6) is -1.75. The van der Waals surface area contributed by atoms with Crippen LogP contribution in [-0.4, -0.2) is 36.0 Å². The molecule has 0 unspecified atom stereocenters. The Labute approximate surface area is 231 Å². The number of hydrogen-bond acceptors (Lipinski definition) is 6. The van der Waals surface area contributed by atoms with E-state index < -0.39 is 23.8 Å². The average Bonchev–Trinajstić information content (AvgIpc) is 2.95. The van der Waals surface area contributed by atoms with Gasteiger partial charge in [-0.2, -0.15) is 0 Å². The second-order valence-electron chi connectivity index (χ2n) is 8.97. The van der Waals surface area contributed by atoms with Crippen molar-refractivity contribution in [1.82, 2.24) is 5.32 Å². The van der Waals surface area contributed by atoms with Gasteiger partial charge in [-0.3, -0.25) is 14.9 Å². The first-order valence-corrected chi connectivity index (χ1v) is 12.5. The molecular formula is C31H28N2O7. The van der Waals surface area contributed by atoms with Gasteiger partial charge in [-0.1, -0.05) is 37.3 Å². The van der Waals surface area contributed by atoms with Crippen LogP contribution in [0.15, 0.2) is 78.9 Å². The predicted octanol–water partition coefficient (Wildman–Crippen LogP) is 4.93. The number of carbonyl (C=O) groups is 4. The van der Waals surface area contributed by atoms with Crippen molar-refractivity contribution in [2.24, 2.45) is 0 Å². The van der Waals surface area contributed by atoms with Gasteiger partial charge in [-0.05, 0) is 72.0 Å². The quantitative estimate of drug-likeness (QED) is 0.212. The summed E-state index contributed by atoms with van der Waals surface area (Å²) in [7, 11) is 1.47. The molecule has 2 N–H and O–H groups in total. The van der Waals surface area contributed by atoms with E-state index in [9.17, 15) is 19.2 Å². The van der Waals surface area contributed by atoms with Crippen LogP contribution >= 0.6 is 0 Å². The van der Waals surface area contributed by atoms with Crippen molar-refractivity contribution in [2.45, 2.75) is 26.4 Å². The van der Waals surface area contributed by atoms with Gasteiger partial charge >= 0.3 is 12.0 Å². The fraction of sp³-hybridized carbons (Fsp3) is 0.161. The van der Waals surface area contributed by atoms with E-state index >= 15 is 0 Å². The normalized spacial score (nSPS) is 14.2. The van der Waals surface area contributed by atoms with Crippen molar-refractivity contribution in [3.05, 3.63) is 107 Å². The third kappa shape index (κ3) is 5.94. The number of nitrogens with one attached hydrogen (secondary N) is 1. The number of methoxy groups -OCH3 is 1. The van der Waals surface area contributed by atoms with Gasteiger partial charge in [-0.25, -0.2) is 14.5 Å². The van der Waals surface area contributed by atoms with Gasteiger partial charge in [0.25, 0.3) is 11.8 Å². The molecule has 0 radical (unpaired) electrons. The van der Waals surface area contributed by atoms with Crippen LogP contribution in [0.5, 0.6) is 11.5 Å². The highest BCUT2D eigenvalue weighted by molar-refractivity contribution is 6.39. The van der Waals surface area contributed by atoms with Gasteiger partial charge in [-0.15, -0.1) is 6.58 Å². The van der Waals surface area contributed by atoms with Gasteiger partial charge in [0.05, 0.1) is 18.4 Å². The van der Waals surface area contributed by atoms with Crippen LogP contribution in [0.1, 0.15) is 39.5 Å². The van der Waals surface area contributed by atoms with Gasteiger partial charge in [0, 0.05) is 5.56 Å². The number of nitrogens with zero attached hydrogens (tertiary/aromatic N) is 1.